The molecule has 2 N–H and O–H groups in total. The maximum atomic E-state index is 5.69. The highest BCUT2D eigenvalue weighted by molar-refractivity contribution is 5.50. The molecule has 0 aliphatic carbocycles. The highest BCUT2D eigenvalue weighted by Gasteiger charge is 2.04. The Bertz CT molecular complexity index is 523. The topological polar surface area (TPSA) is 42.2 Å². The van der Waals surface area contributed by atoms with Crippen molar-refractivity contribution in [3.8, 4) is 0 Å². The van der Waals surface area contributed by atoms with Crippen LogP contribution in [0.15, 0.2) is 42.7 Å². The zero-order chi connectivity index (χ0) is 13.7. The van der Waals surface area contributed by atoms with E-state index in [1.807, 2.05) is 12.4 Å². The molecule has 0 aliphatic rings. The van der Waals surface area contributed by atoms with E-state index in [2.05, 4.69) is 54.2 Å². The Balaban J connectivity index is 2.00. The zero-order valence-corrected chi connectivity index (χ0v) is 11.6. The molecule has 0 atom stereocenters. The van der Waals surface area contributed by atoms with E-state index in [1.165, 1.54) is 22.4 Å². The van der Waals surface area contributed by atoms with Crippen molar-refractivity contribution in [3.63, 3.8) is 0 Å². The summed E-state index contributed by atoms with van der Waals surface area (Å²) in [6, 6.07) is 10.6. The van der Waals surface area contributed by atoms with Crippen molar-refractivity contribution in [2.24, 2.45) is 5.73 Å². The van der Waals surface area contributed by atoms with E-state index in [4.69, 9.17) is 5.73 Å². The number of aromatic nitrogens is 1. The fourth-order valence-electron chi connectivity index (χ4n) is 2.12. The lowest BCUT2D eigenvalue weighted by atomic mass is 10.1. The molecule has 0 saturated heterocycles. The van der Waals surface area contributed by atoms with Gasteiger partial charge in [-0.2, -0.15) is 0 Å². The van der Waals surface area contributed by atoms with Crippen LogP contribution in [-0.4, -0.2) is 18.6 Å². The largest absolute Gasteiger partial charge is 0.374 e. The molecule has 0 aliphatic heterocycles. The van der Waals surface area contributed by atoms with Crippen molar-refractivity contribution in [2.75, 3.05) is 18.5 Å². The summed E-state index contributed by atoms with van der Waals surface area (Å²) in [5.41, 5.74) is 10.7. The summed E-state index contributed by atoms with van der Waals surface area (Å²) in [5, 5.41) is 0. The first-order chi connectivity index (χ1) is 9.20. The van der Waals surface area contributed by atoms with Gasteiger partial charge in [0.15, 0.2) is 0 Å². The van der Waals surface area contributed by atoms with Crippen molar-refractivity contribution in [1.29, 1.82) is 0 Å². The highest BCUT2D eigenvalue weighted by atomic mass is 15.1. The van der Waals surface area contributed by atoms with Crippen molar-refractivity contribution >= 4 is 5.69 Å². The Hall–Kier alpha value is -1.87. The van der Waals surface area contributed by atoms with Gasteiger partial charge >= 0.3 is 0 Å². The molecule has 0 unspecified atom stereocenters. The lowest BCUT2D eigenvalue weighted by Gasteiger charge is -2.20. The van der Waals surface area contributed by atoms with E-state index in [1.54, 1.807) is 0 Å². The van der Waals surface area contributed by atoms with Gasteiger partial charge in [-0.25, -0.2) is 0 Å². The molecule has 1 aromatic heterocycles. The predicted octanol–water partition coefficient (Wildman–Crippen LogP) is 2.53. The van der Waals surface area contributed by atoms with Gasteiger partial charge in [0, 0.05) is 38.2 Å². The number of hydrogen-bond donors (Lipinski definition) is 1. The lowest BCUT2D eigenvalue weighted by Crippen LogP contribution is -2.20. The number of benzene rings is 1. The van der Waals surface area contributed by atoms with Crippen molar-refractivity contribution in [2.45, 2.75) is 19.9 Å². The monoisotopic (exact) mass is 255 g/mol. The molecular weight excluding hydrogens is 234 g/mol. The van der Waals surface area contributed by atoms with Crippen molar-refractivity contribution in [1.82, 2.24) is 4.98 Å². The minimum Gasteiger partial charge on any atom is -0.374 e. The molecule has 1 aromatic carbocycles. The highest BCUT2D eigenvalue weighted by Crippen LogP contribution is 2.18. The van der Waals surface area contributed by atoms with Crippen LogP contribution in [0.1, 0.15) is 16.7 Å². The van der Waals surface area contributed by atoms with E-state index < -0.39 is 0 Å². The van der Waals surface area contributed by atoms with Crippen LogP contribution >= 0.6 is 0 Å². The molecule has 3 heteroatoms. The fraction of sp³-hybridized carbons (Fsp3) is 0.312. The maximum Gasteiger partial charge on any atom is 0.0366 e. The van der Waals surface area contributed by atoms with E-state index >= 15 is 0 Å². The fourth-order valence-corrected chi connectivity index (χ4v) is 2.12. The van der Waals surface area contributed by atoms with Crippen molar-refractivity contribution < 1.29 is 0 Å². The SMILES string of the molecule is Cc1cc(N(C)CCc2ccncc2)ccc1CN. The van der Waals surface area contributed by atoms with Crippen LogP contribution < -0.4 is 10.6 Å². The van der Waals surface area contributed by atoms with Gasteiger partial charge in [-0.1, -0.05) is 6.07 Å². The number of hydrogen-bond acceptors (Lipinski definition) is 3. The molecule has 0 amide bonds. The van der Waals surface area contributed by atoms with Gasteiger partial charge in [-0.05, 0) is 54.3 Å². The van der Waals surface area contributed by atoms with Crippen LogP contribution in [0.5, 0.6) is 0 Å². The molecule has 0 radical (unpaired) electrons. The van der Waals surface area contributed by atoms with E-state index in [0.29, 0.717) is 6.54 Å². The molecule has 1 heterocycles. The molecule has 0 fully saturated rings. The molecular formula is C16H21N3. The van der Waals surface area contributed by atoms with Crippen LogP contribution in [0, 0.1) is 6.92 Å². The second-order valence-corrected chi connectivity index (χ2v) is 4.84. The van der Waals surface area contributed by atoms with Gasteiger partial charge in [0.05, 0.1) is 0 Å². The Kier molecular flexibility index (Phi) is 4.53. The first-order valence-electron chi connectivity index (χ1n) is 6.60. The predicted molar refractivity (Wildman–Crippen MR) is 80.3 cm³/mol. The second kappa shape index (κ2) is 6.34. The number of pyridine rings is 1. The Morgan fingerprint density at radius 3 is 2.53 bits per heavy atom. The molecule has 0 bridgehead atoms. The second-order valence-electron chi connectivity index (χ2n) is 4.84. The number of anilines is 1. The lowest BCUT2D eigenvalue weighted by molar-refractivity contribution is 0.873. The summed E-state index contributed by atoms with van der Waals surface area (Å²) in [6.45, 7) is 3.71. The molecule has 2 rings (SSSR count). The van der Waals surface area contributed by atoms with Gasteiger partial charge in [-0.15, -0.1) is 0 Å². The quantitative estimate of drug-likeness (QED) is 0.892. The minimum atomic E-state index is 0.604. The van der Waals surface area contributed by atoms with Crippen LogP contribution in [-0.2, 0) is 13.0 Å². The van der Waals surface area contributed by atoms with Gasteiger partial charge < -0.3 is 10.6 Å². The molecule has 2 aromatic rings. The van der Waals surface area contributed by atoms with Crippen LogP contribution in [0.25, 0.3) is 0 Å². The van der Waals surface area contributed by atoms with Gasteiger partial charge in [0.1, 0.15) is 0 Å². The molecule has 19 heavy (non-hydrogen) atoms. The number of aryl methyl sites for hydroxylation is 1. The van der Waals surface area contributed by atoms with Gasteiger partial charge in [0.2, 0.25) is 0 Å². The zero-order valence-electron chi connectivity index (χ0n) is 11.6. The molecule has 3 nitrogen and oxygen atoms in total. The molecule has 100 valence electrons. The summed E-state index contributed by atoms with van der Waals surface area (Å²) in [6.07, 6.45) is 4.71. The van der Waals surface area contributed by atoms with E-state index in [0.717, 1.165) is 13.0 Å². The summed E-state index contributed by atoms with van der Waals surface area (Å²) in [5.74, 6) is 0. The number of likely N-dealkylation sites (N-methyl/N-ethyl adjacent to an activating group) is 1. The standard InChI is InChI=1S/C16H21N3/c1-13-11-16(4-3-15(13)12-17)19(2)10-7-14-5-8-18-9-6-14/h3-6,8-9,11H,7,10,12,17H2,1-2H3. The van der Waals surface area contributed by atoms with Crippen LogP contribution in [0.2, 0.25) is 0 Å². The normalized spacial score (nSPS) is 10.5. The smallest absolute Gasteiger partial charge is 0.0366 e. The van der Waals surface area contributed by atoms with Crippen LogP contribution in [0.4, 0.5) is 5.69 Å². The molecule has 0 spiro atoms. The third-order valence-electron chi connectivity index (χ3n) is 3.47. The number of rotatable bonds is 5. The minimum absolute atomic E-state index is 0.604. The first-order valence-corrected chi connectivity index (χ1v) is 6.60. The van der Waals surface area contributed by atoms with Crippen molar-refractivity contribution in [3.05, 3.63) is 59.4 Å². The average molecular weight is 255 g/mol. The Morgan fingerprint density at radius 1 is 1.16 bits per heavy atom. The van der Waals surface area contributed by atoms with Crippen LogP contribution in [0.3, 0.4) is 0 Å². The summed E-state index contributed by atoms with van der Waals surface area (Å²) >= 11 is 0. The van der Waals surface area contributed by atoms with Gasteiger partial charge in [-0.3, -0.25) is 4.98 Å². The third kappa shape index (κ3) is 3.55. The Labute approximate surface area is 115 Å². The molecule has 0 saturated carbocycles. The average Bonchev–Trinajstić information content (AvgIpc) is 2.45. The summed E-state index contributed by atoms with van der Waals surface area (Å²) < 4.78 is 0. The summed E-state index contributed by atoms with van der Waals surface area (Å²) in [7, 11) is 2.12. The summed E-state index contributed by atoms with van der Waals surface area (Å²) in [4.78, 5) is 6.31. The Morgan fingerprint density at radius 2 is 1.89 bits per heavy atom. The number of nitrogens with two attached hydrogens (primary N) is 1. The number of nitrogens with zero attached hydrogens (tertiary/aromatic N) is 2. The van der Waals surface area contributed by atoms with Gasteiger partial charge in [0.25, 0.3) is 0 Å². The first kappa shape index (κ1) is 13.6. The third-order valence-corrected chi connectivity index (χ3v) is 3.47. The van der Waals surface area contributed by atoms with E-state index in [9.17, 15) is 0 Å². The van der Waals surface area contributed by atoms with E-state index in [-0.39, 0.29) is 0 Å². The maximum absolute atomic E-state index is 5.69.